The van der Waals surface area contributed by atoms with E-state index in [1.54, 1.807) is 0 Å². The van der Waals surface area contributed by atoms with Gasteiger partial charge in [-0.15, -0.1) is 0 Å². The summed E-state index contributed by atoms with van der Waals surface area (Å²) in [5.74, 6) is -0.150. The molecule has 0 radical (unpaired) electrons. The molecular formula is C16H33N3O2. The Balaban J connectivity index is 2.41. The Morgan fingerprint density at radius 3 is 2.43 bits per heavy atom. The molecule has 124 valence electrons. The number of nitrogens with zero attached hydrogens (tertiary/aromatic N) is 2. The summed E-state index contributed by atoms with van der Waals surface area (Å²) in [5, 5.41) is 3.28. The molecule has 0 amide bonds. The molecule has 5 nitrogen and oxygen atoms in total. The second-order valence-corrected chi connectivity index (χ2v) is 6.53. The lowest BCUT2D eigenvalue weighted by Crippen LogP contribution is -2.57. The quantitative estimate of drug-likeness (QED) is 0.617. The van der Waals surface area contributed by atoms with Gasteiger partial charge in [-0.1, -0.05) is 6.92 Å². The summed E-state index contributed by atoms with van der Waals surface area (Å²) >= 11 is 0. The minimum Gasteiger partial charge on any atom is -0.468 e. The predicted octanol–water partition coefficient (Wildman–Crippen LogP) is 1.33. The first-order valence-electron chi connectivity index (χ1n) is 8.12. The van der Waals surface area contributed by atoms with Gasteiger partial charge in [-0.2, -0.15) is 0 Å². The average molecular weight is 299 g/mol. The van der Waals surface area contributed by atoms with Crippen LogP contribution < -0.4 is 5.32 Å². The maximum Gasteiger partial charge on any atom is 0.322 e. The second kappa shape index (κ2) is 8.71. The molecule has 0 aromatic carbocycles. The van der Waals surface area contributed by atoms with Crippen LogP contribution in [0.2, 0.25) is 0 Å². The molecular weight excluding hydrogens is 266 g/mol. The predicted molar refractivity (Wildman–Crippen MR) is 86.5 cm³/mol. The molecule has 1 fully saturated rings. The van der Waals surface area contributed by atoms with Crippen molar-refractivity contribution in [2.45, 2.75) is 50.6 Å². The van der Waals surface area contributed by atoms with Gasteiger partial charge in [0.15, 0.2) is 0 Å². The highest BCUT2D eigenvalue weighted by atomic mass is 16.5. The Morgan fingerprint density at radius 1 is 1.33 bits per heavy atom. The van der Waals surface area contributed by atoms with Crippen LogP contribution in [0.4, 0.5) is 0 Å². The molecule has 1 atom stereocenters. The number of esters is 1. The van der Waals surface area contributed by atoms with Crippen LogP contribution in [0.25, 0.3) is 0 Å². The lowest BCUT2D eigenvalue weighted by Gasteiger charge is -2.49. The highest BCUT2D eigenvalue weighted by Crippen LogP contribution is 2.36. The summed E-state index contributed by atoms with van der Waals surface area (Å²) in [4.78, 5) is 16.5. The molecule has 0 aromatic heterocycles. The fourth-order valence-electron chi connectivity index (χ4n) is 3.03. The lowest BCUT2D eigenvalue weighted by atomic mass is 9.75. The van der Waals surface area contributed by atoms with E-state index < -0.39 is 0 Å². The number of rotatable bonds is 10. The number of carbonyl (C=O) groups is 1. The van der Waals surface area contributed by atoms with Crippen molar-refractivity contribution < 1.29 is 9.53 Å². The summed E-state index contributed by atoms with van der Waals surface area (Å²) in [6, 6.07) is -0.186. The van der Waals surface area contributed by atoms with E-state index in [2.05, 4.69) is 43.2 Å². The van der Waals surface area contributed by atoms with E-state index >= 15 is 0 Å². The summed E-state index contributed by atoms with van der Waals surface area (Å²) < 4.78 is 4.89. The first-order chi connectivity index (χ1) is 9.95. The molecule has 0 saturated heterocycles. The Morgan fingerprint density at radius 2 is 2.00 bits per heavy atom. The molecule has 1 aliphatic carbocycles. The van der Waals surface area contributed by atoms with E-state index in [1.807, 2.05) is 0 Å². The van der Waals surface area contributed by atoms with Crippen molar-refractivity contribution in [3.05, 3.63) is 0 Å². The molecule has 5 heteroatoms. The van der Waals surface area contributed by atoms with E-state index in [1.165, 1.54) is 26.4 Å². The van der Waals surface area contributed by atoms with Gasteiger partial charge in [0.05, 0.1) is 7.11 Å². The van der Waals surface area contributed by atoms with Gasteiger partial charge in [-0.05, 0) is 66.3 Å². The number of carbonyl (C=O) groups excluding carboxylic acids is 1. The van der Waals surface area contributed by atoms with Gasteiger partial charge in [0, 0.05) is 12.1 Å². The van der Waals surface area contributed by atoms with Gasteiger partial charge in [-0.25, -0.2) is 0 Å². The summed E-state index contributed by atoms with van der Waals surface area (Å²) in [6.45, 7) is 4.93. The number of hydrogen-bond acceptors (Lipinski definition) is 5. The SMILES string of the molecule is CCCNC(CCN(C)CC1(N(C)C)CCC1)C(=O)OC. The van der Waals surface area contributed by atoms with E-state index in [4.69, 9.17) is 4.74 Å². The van der Waals surface area contributed by atoms with Crippen molar-refractivity contribution in [3.8, 4) is 0 Å². The van der Waals surface area contributed by atoms with Gasteiger partial charge in [0.1, 0.15) is 6.04 Å². The maximum atomic E-state index is 11.8. The molecule has 1 saturated carbocycles. The molecule has 0 aliphatic heterocycles. The normalized spacial score (nSPS) is 18.6. The number of hydrogen-bond donors (Lipinski definition) is 1. The van der Waals surface area contributed by atoms with Gasteiger partial charge < -0.3 is 19.9 Å². The van der Waals surface area contributed by atoms with Crippen molar-refractivity contribution in [2.24, 2.45) is 0 Å². The lowest BCUT2D eigenvalue weighted by molar-refractivity contribution is -0.143. The van der Waals surface area contributed by atoms with Crippen molar-refractivity contribution >= 4 is 5.97 Å². The zero-order valence-corrected chi connectivity index (χ0v) is 14.4. The van der Waals surface area contributed by atoms with Crippen LogP contribution in [-0.4, -0.2) is 75.2 Å². The van der Waals surface area contributed by atoms with Crippen LogP contribution >= 0.6 is 0 Å². The monoisotopic (exact) mass is 299 g/mol. The molecule has 1 unspecified atom stereocenters. The van der Waals surface area contributed by atoms with Crippen LogP contribution in [0.3, 0.4) is 0 Å². The zero-order valence-electron chi connectivity index (χ0n) is 14.4. The number of methoxy groups -OCH3 is 1. The molecule has 1 aliphatic rings. The van der Waals surface area contributed by atoms with Gasteiger partial charge in [0.2, 0.25) is 0 Å². The zero-order chi connectivity index (χ0) is 15.9. The van der Waals surface area contributed by atoms with Gasteiger partial charge in [0.25, 0.3) is 0 Å². The van der Waals surface area contributed by atoms with Crippen LogP contribution in [-0.2, 0) is 9.53 Å². The fourth-order valence-corrected chi connectivity index (χ4v) is 3.03. The molecule has 21 heavy (non-hydrogen) atoms. The van der Waals surface area contributed by atoms with Crippen LogP contribution in [0.15, 0.2) is 0 Å². The number of likely N-dealkylation sites (N-methyl/N-ethyl adjacent to an activating group) is 2. The summed E-state index contributed by atoms with van der Waals surface area (Å²) in [6.07, 6.45) is 5.70. The Hall–Kier alpha value is -0.650. The molecule has 0 heterocycles. The maximum absolute atomic E-state index is 11.8. The van der Waals surface area contributed by atoms with Crippen molar-refractivity contribution in [1.82, 2.24) is 15.1 Å². The minimum absolute atomic E-state index is 0.150. The molecule has 1 rings (SSSR count). The third kappa shape index (κ3) is 5.24. The first kappa shape index (κ1) is 18.4. The molecule has 0 aromatic rings. The largest absolute Gasteiger partial charge is 0.468 e. The van der Waals surface area contributed by atoms with Crippen LogP contribution in [0.5, 0.6) is 0 Å². The van der Waals surface area contributed by atoms with Crippen molar-refractivity contribution in [3.63, 3.8) is 0 Å². The fraction of sp³-hybridized carbons (Fsp3) is 0.938. The highest BCUT2D eigenvalue weighted by Gasteiger charge is 2.39. The van der Waals surface area contributed by atoms with Crippen LogP contribution in [0, 0.1) is 0 Å². The first-order valence-corrected chi connectivity index (χ1v) is 8.12. The average Bonchev–Trinajstić information content (AvgIpc) is 2.41. The smallest absolute Gasteiger partial charge is 0.322 e. The van der Waals surface area contributed by atoms with Gasteiger partial charge in [-0.3, -0.25) is 4.79 Å². The topological polar surface area (TPSA) is 44.8 Å². The van der Waals surface area contributed by atoms with E-state index in [9.17, 15) is 4.79 Å². The van der Waals surface area contributed by atoms with Crippen molar-refractivity contribution in [2.75, 3.05) is 47.9 Å². The van der Waals surface area contributed by atoms with Gasteiger partial charge >= 0.3 is 5.97 Å². The summed E-state index contributed by atoms with van der Waals surface area (Å²) in [7, 11) is 7.96. The third-order valence-corrected chi connectivity index (χ3v) is 4.72. The van der Waals surface area contributed by atoms with E-state index in [-0.39, 0.29) is 12.0 Å². The van der Waals surface area contributed by atoms with Crippen LogP contribution in [0.1, 0.15) is 39.0 Å². The van der Waals surface area contributed by atoms with E-state index in [0.717, 1.165) is 32.5 Å². The Bertz CT molecular complexity index is 317. The third-order valence-electron chi connectivity index (χ3n) is 4.72. The summed E-state index contributed by atoms with van der Waals surface area (Å²) in [5.41, 5.74) is 0.340. The standard InChI is InChI=1S/C16H33N3O2/c1-6-11-17-14(15(20)21-5)8-12-19(4)13-16(18(2)3)9-7-10-16/h14,17H,6-13H2,1-5H3. The second-order valence-electron chi connectivity index (χ2n) is 6.53. The van der Waals surface area contributed by atoms with E-state index in [0.29, 0.717) is 5.54 Å². The Labute approximate surface area is 130 Å². The Kier molecular flexibility index (Phi) is 7.63. The number of ether oxygens (including phenoxy) is 1. The molecule has 0 bridgehead atoms. The molecule has 1 N–H and O–H groups in total. The van der Waals surface area contributed by atoms with Crippen molar-refractivity contribution in [1.29, 1.82) is 0 Å². The number of nitrogens with one attached hydrogen (secondary N) is 1. The molecule has 0 spiro atoms. The minimum atomic E-state index is -0.186. The highest BCUT2D eigenvalue weighted by molar-refractivity contribution is 5.75.